The van der Waals surface area contributed by atoms with Crippen molar-refractivity contribution in [2.75, 3.05) is 31.1 Å². The number of aryl methyl sites for hydroxylation is 1. The first-order chi connectivity index (χ1) is 14.0. The Balaban J connectivity index is 1.37. The van der Waals surface area contributed by atoms with Crippen molar-refractivity contribution in [3.8, 4) is 0 Å². The number of nitrogens with zero attached hydrogens (tertiary/aromatic N) is 3. The van der Waals surface area contributed by atoms with Gasteiger partial charge in [-0.25, -0.2) is 4.98 Å². The molecule has 0 N–H and O–H groups in total. The molecule has 0 aliphatic carbocycles. The van der Waals surface area contributed by atoms with E-state index in [4.69, 9.17) is 4.98 Å². The molecule has 0 radical (unpaired) electrons. The van der Waals surface area contributed by atoms with E-state index in [1.165, 1.54) is 15.8 Å². The van der Waals surface area contributed by atoms with Crippen LogP contribution < -0.4 is 4.90 Å². The molecule has 0 atom stereocenters. The average molecular weight is 408 g/mol. The standard InChI is InChI=1S/C24H29N3OS/c1-4-19-6-5-7-21-23(19)25-24(29-21)27-14-12-26(13-15-27)22(28)16-18-8-10-20(11-9-18)17(2)3/h5-11,17H,4,12-16H2,1-3H3. The number of hydrogen-bond acceptors (Lipinski definition) is 4. The second kappa shape index (κ2) is 8.54. The third-order valence-corrected chi connectivity index (χ3v) is 6.86. The first-order valence-corrected chi connectivity index (χ1v) is 11.4. The zero-order chi connectivity index (χ0) is 20.4. The summed E-state index contributed by atoms with van der Waals surface area (Å²) in [4.78, 5) is 22.0. The van der Waals surface area contributed by atoms with Crippen molar-refractivity contribution < 1.29 is 4.79 Å². The van der Waals surface area contributed by atoms with Crippen molar-refractivity contribution in [1.29, 1.82) is 0 Å². The summed E-state index contributed by atoms with van der Waals surface area (Å²) in [7, 11) is 0. The van der Waals surface area contributed by atoms with E-state index < -0.39 is 0 Å². The average Bonchev–Trinajstić information content (AvgIpc) is 3.18. The molecule has 3 aromatic rings. The van der Waals surface area contributed by atoms with Gasteiger partial charge in [0.1, 0.15) is 0 Å². The van der Waals surface area contributed by atoms with E-state index in [2.05, 4.69) is 68.1 Å². The van der Waals surface area contributed by atoms with Crippen LogP contribution in [0.15, 0.2) is 42.5 Å². The van der Waals surface area contributed by atoms with Gasteiger partial charge < -0.3 is 9.80 Å². The third kappa shape index (κ3) is 4.30. The number of anilines is 1. The molecule has 0 spiro atoms. The maximum atomic E-state index is 12.7. The second-order valence-corrected chi connectivity index (χ2v) is 9.06. The summed E-state index contributed by atoms with van der Waals surface area (Å²) in [5.41, 5.74) is 4.86. The van der Waals surface area contributed by atoms with E-state index in [9.17, 15) is 4.79 Å². The highest BCUT2D eigenvalue weighted by molar-refractivity contribution is 7.22. The predicted molar refractivity (Wildman–Crippen MR) is 122 cm³/mol. The maximum absolute atomic E-state index is 12.7. The van der Waals surface area contributed by atoms with Crippen molar-refractivity contribution in [2.24, 2.45) is 0 Å². The summed E-state index contributed by atoms with van der Waals surface area (Å²) in [6, 6.07) is 14.9. The van der Waals surface area contributed by atoms with Crippen molar-refractivity contribution in [3.05, 3.63) is 59.2 Å². The van der Waals surface area contributed by atoms with Crippen molar-refractivity contribution >= 4 is 32.6 Å². The zero-order valence-corrected chi connectivity index (χ0v) is 18.3. The van der Waals surface area contributed by atoms with Gasteiger partial charge in [0, 0.05) is 26.2 Å². The Bertz CT molecular complexity index is 985. The minimum absolute atomic E-state index is 0.222. The summed E-state index contributed by atoms with van der Waals surface area (Å²) in [5.74, 6) is 0.739. The fourth-order valence-corrected chi connectivity index (χ4v) is 4.93. The monoisotopic (exact) mass is 407 g/mol. The van der Waals surface area contributed by atoms with Crippen LogP contribution in [0.3, 0.4) is 0 Å². The number of piperazine rings is 1. The number of hydrogen-bond donors (Lipinski definition) is 0. The van der Waals surface area contributed by atoms with Gasteiger partial charge in [0.15, 0.2) is 5.13 Å². The Morgan fingerprint density at radius 2 is 1.79 bits per heavy atom. The van der Waals surface area contributed by atoms with Gasteiger partial charge in [-0.05, 0) is 35.1 Å². The molecule has 2 aromatic carbocycles. The number of benzene rings is 2. The van der Waals surface area contributed by atoms with Gasteiger partial charge in [0.25, 0.3) is 0 Å². The van der Waals surface area contributed by atoms with Crippen molar-refractivity contribution in [1.82, 2.24) is 9.88 Å². The molecule has 1 amide bonds. The molecule has 1 fully saturated rings. The molecular formula is C24H29N3OS. The smallest absolute Gasteiger partial charge is 0.227 e. The molecule has 29 heavy (non-hydrogen) atoms. The van der Waals surface area contributed by atoms with Gasteiger partial charge in [-0.1, -0.05) is 68.5 Å². The molecule has 2 heterocycles. The lowest BCUT2D eigenvalue weighted by atomic mass is 10.0. The fourth-order valence-electron chi connectivity index (χ4n) is 3.87. The lowest BCUT2D eigenvalue weighted by Gasteiger charge is -2.34. The van der Waals surface area contributed by atoms with E-state index in [-0.39, 0.29) is 5.91 Å². The third-order valence-electron chi connectivity index (χ3n) is 5.78. The summed E-state index contributed by atoms with van der Waals surface area (Å²) >= 11 is 1.76. The first-order valence-electron chi connectivity index (χ1n) is 10.5. The largest absolute Gasteiger partial charge is 0.345 e. The van der Waals surface area contributed by atoms with Gasteiger partial charge in [0.05, 0.1) is 16.6 Å². The van der Waals surface area contributed by atoms with Crippen LogP contribution in [0.25, 0.3) is 10.2 Å². The summed E-state index contributed by atoms with van der Waals surface area (Å²) in [5, 5.41) is 1.08. The van der Waals surface area contributed by atoms with Gasteiger partial charge in [-0.2, -0.15) is 0 Å². The van der Waals surface area contributed by atoms with Gasteiger partial charge in [0.2, 0.25) is 5.91 Å². The van der Waals surface area contributed by atoms with E-state index in [1.807, 2.05) is 4.90 Å². The van der Waals surface area contributed by atoms with Crippen LogP contribution in [0, 0.1) is 0 Å². The Labute approximate surface area is 177 Å². The second-order valence-electron chi connectivity index (χ2n) is 8.05. The number of carbonyl (C=O) groups is 1. The highest BCUT2D eigenvalue weighted by Crippen LogP contribution is 2.31. The molecule has 152 valence electrons. The number of aromatic nitrogens is 1. The van der Waals surface area contributed by atoms with Crippen LogP contribution in [0.1, 0.15) is 43.4 Å². The molecule has 0 unspecified atom stereocenters. The Morgan fingerprint density at radius 1 is 1.07 bits per heavy atom. The molecule has 1 aliphatic heterocycles. The predicted octanol–water partition coefficient (Wildman–Crippen LogP) is 4.87. The normalized spacial score (nSPS) is 14.8. The van der Waals surface area contributed by atoms with E-state index in [1.54, 1.807) is 11.3 Å². The first kappa shape index (κ1) is 19.9. The number of thiazole rings is 1. The number of amides is 1. The zero-order valence-electron chi connectivity index (χ0n) is 17.5. The van der Waals surface area contributed by atoms with E-state index in [0.717, 1.165) is 48.8 Å². The molecule has 4 rings (SSSR count). The number of carbonyl (C=O) groups excluding carboxylic acids is 1. The van der Waals surface area contributed by atoms with Gasteiger partial charge in [-0.3, -0.25) is 4.79 Å². The minimum atomic E-state index is 0.222. The van der Waals surface area contributed by atoms with Gasteiger partial charge >= 0.3 is 0 Å². The fraction of sp³-hybridized carbons (Fsp3) is 0.417. The van der Waals surface area contributed by atoms with Crippen LogP contribution in [0.5, 0.6) is 0 Å². The summed E-state index contributed by atoms with van der Waals surface area (Å²) in [6.45, 7) is 9.77. The van der Waals surface area contributed by atoms with Crippen LogP contribution in [0.2, 0.25) is 0 Å². The Morgan fingerprint density at radius 3 is 2.45 bits per heavy atom. The topological polar surface area (TPSA) is 36.4 Å². The highest BCUT2D eigenvalue weighted by atomic mass is 32.1. The van der Waals surface area contributed by atoms with E-state index in [0.29, 0.717) is 12.3 Å². The van der Waals surface area contributed by atoms with E-state index >= 15 is 0 Å². The lowest BCUT2D eigenvalue weighted by Crippen LogP contribution is -2.49. The number of para-hydroxylation sites is 1. The molecule has 0 bridgehead atoms. The summed E-state index contributed by atoms with van der Waals surface area (Å²) in [6.07, 6.45) is 1.49. The number of fused-ring (bicyclic) bond motifs is 1. The number of rotatable bonds is 5. The molecule has 1 saturated heterocycles. The highest BCUT2D eigenvalue weighted by Gasteiger charge is 2.23. The Kier molecular flexibility index (Phi) is 5.86. The minimum Gasteiger partial charge on any atom is -0.345 e. The van der Waals surface area contributed by atoms with Crippen molar-refractivity contribution in [3.63, 3.8) is 0 Å². The molecular weight excluding hydrogens is 378 g/mol. The van der Waals surface area contributed by atoms with Crippen LogP contribution in [-0.4, -0.2) is 42.0 Å². The quantitative estimate of drug-likeness (QED) is 0.605. The SMILES string of the molecule is CCc1cccc2sc(N3CCN(C(=O)Cc4ccc(C(C)C)cc4)CC3)nc12. The molecule has 0 saturated carbocycles. The van der Waals surface area contributed by atoms with Gasteiger partial charge in [-0.15, -0.1) is 0 Å². The maximum Gasteiger partial charge on any atom is 0.227 e. The lowest BCUT2D eigenvalue weighted by molar-refractivity contribution is -0.130. The summed E-state index contributed by atoms with van der Waals surface area (Å²) < 4.78 is 1.25. The van der Waals surface area contributed by atoms with Crippen LogP contribution >= 0.6 is 11.3 Å². The van der Waals surface area contributed by atoms with Crippen LogP contribution in [-0.2, 0) is 17.6 Å². The molecule has 5 heteroatoms. The van der Waals surface area contributed by atoms with Crippen molar-refractivity contribution in [2.45, 2.75) is 39.5 Å². The molecule has 4 nitrogen and oxygen atoms in total. The van der Waals surface area contributed by atoms with Crippen LogP contribution in [0.4, 0.5) is 5.13 Å². The Hall–Kier alpha value is -2.40. The molecule has 1 aromatic heterocycles. The molecule has 1 aliphatic rings.